The zero-order valence-corrected chi connectivity index (χ0v) is 13.4. The Balaban J connectivity index is 1.39. The highest BCUT2D eigenvalue weighted by Gasteiger charge is 2.26. The molecule has 9 nitrogen and oxygen atoms in total. The van der Waals surface area contributed by atoms with Crippen LogP contribution in [0.15, 0.2) is 21.3 Å². The number of hydrazine groups is 1. The second-order valence-electron chi connectivity index (χ2n) is 5.27. The summed E-state index contributed by atoms with van der Waals surface area (Å²) in [5, 5.41) is 10.1. The standard InChI is InChI=1S/C14H15N5O4S/c20-10(17-18-14(22)13(21)15-9-1-2-9)3-4-11-16-12(19-23-11)8-5-6-24-7-8/h5-7,9H,1-4H2,(H,15,21)(H,17,20)(H,18,22). The fourth-order valence-corrected chi connectivity index (χ4v) is 2.44. The minimum Gasteiger partial charge on any atom is -0.345 e. The van der Waals surface area contributed by atoms with Gasteiger partial charge in [0, 0.05) is 29.8 Å². The van der Waals surface area contributed by atoms with Crippen LogP contribution in [-0.4, -0.2) is 33.9 Å². The molecule has 0 unspecified atom stereocenters. The molecule has 126 valence electrons. The lowest BCUT2D eigenvalue weighted by Crippen LogP contribution is -2.49. The van der Waals surface area contributed by atoms with E-state index >= 15 is 0 Å². The maximum absolute atomic E-state index is 11.7. The van der Waals surface area contributed by atoms with Crippen molar-refractivity contribution >= 4 is 29.1 Å². The third-order valence-corrected chi connectivity index (χ3v) is 3.93. The van der Waals surface area contributed by atoms with Crippen molar-refractivity contribution in [1.82, 2.24) is 26.3 Å². The summed E-state index contributed by atoms with van der Waals surface area (Å²) in [7, 11) is 0. The molecule has 0 atom stereocenters. The molecule has 0 radical (unpaired) electrons. The topological polar surface area (TPSA) is 126 Å². The first-order valence-corrected chi connectivity index (χ1v) is 8.31. The van der Waals surface area contributed by atoms with Crippen molar-refractivity contribution in [2.24, 2.45) is 0 Å². The molecule has 1 aliphatic rings. The summed E-state index contributed by atoms with van der Waals surface area (Å²) in [4.78, 5) is 38.7. The van der Waals surface area contributed by atoms with Crippen molar-refractivity contribution in [2.75, 3.05) is 0 Å². The quantitative estimate of drug-likeness (QED) is 0.521. The predicted octanol–water partition coefficient (Wildman–Crippen LogP) is 0.157. The second kappa shape index (κ2) is 7.21. The minimum absolute atomic E-state index is 0.0375. The van der Waals surface area contributed by atoms with Crippen LogP contribution in [0.1, 0.15) is 25.2 Å². The summed E-state index contributed by atoms with van der Waals surface area (Å²) in [6, 6.07) is 1.95. The van der Waals surface area contributed by atoms with Gasteiger partial charge in [-0.25, -0.2) is 0 Å². The molecule has 2 aromatic heterocycles. The molecule has 3 N–H and O–H groups in total. The number of aromatic nitrogens is 2. The first-order valence-electron chi connectivity index (χ1n) is 7.36. The van der Waals surface area contributed by atoms with E-state index in [0.29, 0.717) is 11.7 Å². The van der Waals surface area contributed by atoms with Crippen LogP contribution in [0, 0.1) is 0 Å². The molecule has 1 aliphatic carbocycles. The van der Waals surface area contributed by atoms with E-state index in [1.165, 1.54) is 11.3 Å². The number of carbonyl (C=O) groups excluding carboxylic acids is 3. The molecule has 1 saturated carbocycles. The number of thiophene rings is 1. The van der Waals surface area contributed by atoms with E-state index in [2.05, 4.69) is 26.3 Å². The number of rotatable bonds is 5. The fourth-order valence-electron chi connectivity index (χ4n) is 1.81. The predicted molar refractivity (Wildman–Crippen MR) is 83.4 cm³/mol. The zero-order valence-electron chi connectivity index (χ0n) is 12.6. The smallest absolute Gasteiger partial charge is 0.327 e. The highest BCUT2D eigenvalue weighted by Crippen LogP contribution is 2.19. The van der Waals surface area contributed by atoms with Gasteiger partial charge in [0.05, 0.1) is 0 Å². The average Bonchev–Trinajstić information content (AvgIpc) is 3.06. The number of nitrogens with zero attached hydrogens (tertiary/aromatic N) is 2. The Morgan fingerprint density at radius 3 is 2.79 bits per heavy atom. The Labute approximate surface area is 140 Å². The molecule has 3 rings (SSSR count). The number of aryl methyl sites for hydroxylation is 1. The van der Waals surface area contributed by atoms with Crippen LogP contribution in [0.3, 0.4) is 0 Å². The van der Waals surface area contributed by atoms with Crippen molar-refractivity contribution in [2.45, 2.75) is 31.7 Å². The molecule has 10 heteroatoms. The molecule has 24 heavy (non-hydrogen) atoms. The number of carbonyl (C=O) groups is 3. The maximum Gasteiger partial charge on any atom is 0.327 e. The lowest BCUT2D eigenvalue weighted by atomic mass is 10.3. The highest BCUT2D eigenvalue weighted by atomic mass is 32.1. The summed E-state index contributed by atoms with van der Waals surface area (Å²) in [6.07, 6.45) is 2.02. The van der Waals surface area contributed by atoms with Crippen molar-refractivity contribution in [3.63, 3.8) is 0 Å². The largest absolute Gasteiger partial charge is 0.345 e. The van der Waals surface area contributed by atoms with Gasteiger partial charge in [0.2, 0.25) is 17.6 Å². The Bertz CT molecular complexity index is 738. The van der Waals surface area contributed by atoms with Crippen LogP contribution in [0.25, 0.3) is 11.4 Å². The first kappa shape index (κ1) is 16.1. The summed E-state index contributed by atoms with van der Waals surface area (Å²) in [6.45, 7) is 0. The molecule has 0 aromatic carbocycles. The number of nitrogens with one attached hydrogen (secondary N) is 3. The highest BCUT2D eigenvalue weighted by molar-refractivity contribution is 7.08. The van der Waals surface area contributed by atoms with Gasteiger partial charge in [-0.3, -0.25) is 25.2 Å². The Morgan fingerprint density at radius 2 is 2.08 bits per heavy atom. The molecule has 1 fully saturated rings. The van der Waals surface area contributed by atoms with Gasteiger partial charge in [-0.05, 0) is 24.3 Å². The molecule has 0 aliphatic heterocycles. The van der Waals surface area contributed by atoms with Crippen molar-refractivity contribution in [3.8, 4) is 11.4 Å². The number of hydrogen-bond donors (Lipinski definition) is 3. The summed E-state index contributed by atoms with van der Waals surface area (Å²) >= 11 is 1.52. The first-order chi connectivity index (χ1) is 11.6. The third kappa shape index (κ3) is 4.38. The molecular weight excluding hydrogens is 334 g/mol. The molecule has 3 amide bonds. The van der Waals surface area contributed by atoms with Crippen LogP contribution in [-0.2, 0) is 20.8 Å². The SMILES string of the molecule is O=C(CCc1nc(-c2ccsc2)no1)NNC(=O)C(=O)NC1CC1. The van der Waals surface area contributed by atoms with Gasteiger partial charge in [0.15, 0.2) is 0 Å². The van der Waals surface area contributed by atoms with Crippen molar-refractivity contribution < 1.29 is 18.9 Å². The fraction of sp³-hybridized carbons (Fsp3) is 0.357. The monoisotopic (exact) mass is 349 g/mol. The van der Waals surface area contributed by atoms with Crippen LogP contribution in [0.2, 0.25) is 0 Å². The van der Waals surface area contributed by atoms with E-state index in [1.54, 1.807) is 0 Å². The van der Waals surface area contributed by atoms with Gasteiger partial charge in [-0.2, -0.15) is 16.3 Å². The van der Waals surface area contributed by atoms with Crippen LogP contribution in [0.5, 0.6) is 0 Å². The van der Waals surface area contributed by atoms with Crippen LogP contribution in [0.4, 0.5) is 0 Å². The Kier molecular flexibility index (Phi) is 4.85. The number of amides is 3. The van der Waals surface area contributed by atoms with E-state index in [-0.39, 0.29) is 18.9 Å². The molecule has 2 aromatic rings. The molecule has 0 saturated heterocycles. The summed E-state index contributed by atoms with van der Waals surface area (Å²) < 4.78 is 5.07. The summed E-state index contributed by atoms with van der Waals surface area (Å²) in [5.74, 6) is -1.32. The minimum atomic E-state index is -0.896. The van der Waals surface area contributed by atoms with Gasteiger partial charge >= 0.3 is 11.8 Å². The maximum atomic E-state index is 11.7. The zero-order chi connectivity index (χ0) is 16.9. The van der Waals surface area contributed by atoms with Gasteiger partial charge < -0.3 is 9.84 Å². The van der Waals surface area contributed by atoms with E-state index in [0.717, 1.165) is 18.4 Å². The van der Waals surface area contributed by atoms with Gasteiger partial charge in [0.25, 0.3) is 0 Å². The van der Waals surface area contributed by atoms with Crippen LogP contribution < -0.4 is 16.2 Å². The number of hydrogen-bond acceptors (Lipinski definition) is 7. The molecular formula is C14H15N5O4S. The third-order valence-electron chi connectivity index (χ3n) is 3.25. The van der Waals surface area contributed by atoms with E-state index in [9.17, 15) is 14.4 Å². The average molecular weight is 349 g/mol. The van der Waals surface area contributed by atoms with Crippen molar-refractivity contribution in [3.05, 3.63) is 22.7 Å². The van der Waals surface area contributed by atoms with Gasteiger partial charge in [-0.1, -0.05) is 5.16 Å². The van der Waals surface area contributed by atoms with Crippen molar-refractivity contribution in [1.29, 1.82) is 0 Å². The van der Waals surface area contributed by atoms with Gasteiger partial charge in [0.1, 0.15) is 0 Å². The molecule has 2 heterocycles. The summed E-state index contributed by atoms with van der Waals surface area (Å²) in [5.41, 5.74) is 5.09. The van der Waals surface area contributed by atoms with Crippen LogP contribution >= 0.6 is 11.3 Å². The Hall–Kier alpha value is -2.75. The van der Waals surface area contributed by atoms with E-state index < -0.39 is 17.7 Å². The normalized spacial score (nSPS) is 13.3. The Morgan fingerprint density at radius 1 is 1.25 bits per heavy atom. The lowest BCUT2D eigenvalue weighted by molar-refractivity contribution is -0.141. The second-order valence-corrected chi connectivity index (χ2v) is 6.05. The van der Waals surface area contributed by atoms with E-state index in [1.807, 2.05) is 16.8 Å². The van der Waals surface area contributed by atoms with E-state index in [4.69, 9.17) is 4.52 Å². The molecule has 0 spiro atoms. The molecule has 0 bridgehead atoms. The van der Waals surface area contributed by atoms with Gasteiger partial charge in [-0.15, -0.1) is 0 Å². The lowest BCUT2D eigenvalue weighted by Gasteiger charge is -2.06.